The molecule has 0 atom stereocenters. The minimum Gasteiger partial charge on any atom is -0.314 e. The van der Waals surface area contributed by atoms with Crippen molar-refractivity contribution in [2.45, 2.75) is 38.3 Å². The van der Waals surface area contributed by atoms with Gasteiger partial charge < -0.3 is 5.32 Å². The number of nitrogens with zero attached hydrogens (tertiary/aromatic N) is 2. The van der Waals surface area contributed by atoms with E-state index in [1.807, 2.05) is 0 Å². The van der Waals surface area contributed by atoms with Crippen molar-refractivity contribution in [2.24, 2.45) is 5.92 Å². The van der Waals surface area contributed by atoms with Gasteiger partial charge >= 0.3 is 0 Å². The van der Waals surface area contributed by atoms with Crippen LogP contribution in [0, 0.1) is 5.92 Å². The lowest BCUT2D eigenvalue weighted by Crippen LogP contribution is -2.46. The van der Waals surface area contributed by atoms with Crippen molar-refractivity contribution >= 4 is 10.2 Å². The summed E-state index contributed by atoms with van der Waals surface area (Å²) in [7, 11) is -3.38. The van der Waals surface area contributed by atoms with Crippen molar-refractivity contribution in [1.82, 2.24) is 24.5 Å². The fraction of sp³-hybridized carbons (Fsp3) is 0.769. The number of hydrogen-bond donors (Lipinski definition) is 3. The first kappa shape index (κ1) is 15.0. The molecule has 7 nitrogen and oxygen atoms in total. The zero-order chi connectivity index (χ0) is 14.7. The SMILES string of the molecule is O=S(=O)(NCc1cn[nH]c1)N1CCC(CNC2CC2)CC1. The molecule has 0 bridgehead atoms. The second kappa shape index (κ2) is 6.43. The van der Waals surface area contributed by atoms with E-state index < -0.39 is 10.2 Å². The Labute approximate surface area is 125 Å². The summed E-state index contributed by atoms with van der Waals surface area (Å²) in [6.45, 7) is 2.53. The third kappa shape index (κ3) is 4.26. The summed E-state index contributed by atoms with van der Waals surface area (Å²) in [5, 5.41) is 10.0. The van der Waals surface area contributed by atoms with Gasteiger partial charge in [-0.25, -0.2) is 0 Å². The molecule has 21 heavy (non-hydrogen) atoms. The lowest BCUT2D eigenvalue weighted by atomic mass is 9.98. The fourth-order valence-electron chi connectivity index (χ4n) is 2.61. The molecule has 2 heterocycles. The van der Waals surface area contributed by atoms with E-state index in [2.05, 4.69) is 20.2 Å². The second-order valence-electron chi connectivity index (χ2n) is 5.96. The average molecular weight is 313 g/mol. The summed E-state index contributed by atoms with van der Waals surface area (Å²) in [5.41, 5.74) is 0.835. The van der Waals surface area contributed by atoms with Gasteiger partial charge in [-0.2, -0.15) is 22.5 Å². The van der Waals surface area contributed by atoms with Gasteiger partial charge in [-0.3, -0.25) is 5.10 Å². The third-order valence-electron chi connectivity index (χ3n) is 4.20. The van der Waals surface area contributed by atoms with E-state index >= 15 is 0 Å². The first-order chi connectivity index (χ1) is 10.1. The second-order valence-corrected chi connectivity index (χ2v) is 7.71. The quantitative estimate of drug-likeness (QED) is 0.671. The van der Waals surface area contributed by atoms with Gasteiger partial charge in [0.1, 0.15) is 0 Å². The van der Waals surface area contributed by atoms with E-state index in [0.29, 0.717) is 19.0 Å². The van der Waals surface area contributed by atoms with Crippen molar-refractivity contribution in [1.29, 1.82) is 0 Å². The Bertz CT molecular complexity index is 533. The van der Waals surface area contributed by atoms with Crippen molar-refractivity contribution in [3.8, 4) is 0 Å². The number of nitrogens with one attached hydrogen (secondary N) is 3. The number of piperidine rings is 1. The summed E-state index contributed by atoms with van der Waals surface area (Å²) < 4.78 is 28.6. The summed E-state index contributed by atoms with van der Waals surface area (Å²) >= 11 is 0. The normalized spacial score (nSPS) is 21.7. The molecule has 3 rings (SSSR count). The van der Waals surface area contributed by atoms with Crippen LogP contribution in [0.1, 0.15) is 31.2 Å². The van der Waals surface area contributed by atoms with Crippen LogP contribution in [0.3, 0.4) is 0 Å². The molecule has 0 radical (unpaired) electrons. The third-order valence-corrected chi connectivity index (χ3v) is 5.75. The first-order valence-electron chi connectivity index (χ1n) is 7.59. The Kier molecular flexibility index (Phi) is 4.58. The Morgan fingerprint density at radius 1 is 1.29 bits per heavy atom. The van der Waals surface area contributed by atoms with E-state index in [1.54, 1.807) is 16.7 Å². The summed E-state index contributed by atoms with van der Waals surface area (Å²) in [5.74, 6) is 0.603. The number of rotatable bonds is 7. The van der Waals surface area contributed by atoms with Gasteiger partial charge in [-0.15, -0.1) is 0 Å². The van der Waals surface area contributed by atoms with Gasteiger partial charge in [0.25, 0.3) is 10.2 Å². The largest absolute Gasteiger partial charge is 0.314 e. The molecule has 1 aromatic rings. The molecule has 0 unspecified atom stereocenters. The number of H-pyrrole nitrogens is 1. The maximum Gasteiger partial charge on any atom is 0.279 e. The fourth-order valence-corrected chi connectivity index (χ4v) is 3.84. The molecule has 2 fully saturated rings. The van der Waals surface area contributed by atoms with E-state index in [4.69, 9.17) is 0 Å². The van der Waals surface area contributed by atoms with Crippen LogP contribution in [0.4, 0.5) is 0 Å². The first-order valence-corrected chi connectivity index (χ1v) is 9.03. The van der Waals surface area contributed by atoms with E-state index in [0.717, 1.165) is 31.0 Å². The molecule has 1 aliphatic carbocycles. The van der Waals surface area contributed by atoms with E-state index in [-0.39, 0.29) is 6.54 Å². The molecule has 0 spiro atoms. The van der Waals surface area contributed by atoms with Gasteiger partial charge in [0, 0.05) is 37.4 Å². The number of aromatic amines is 1. The van der Waals surface area contributed by atoms with Gasteiger partial charge in [0.15, 0.2) is 0 Å². The van der Waals surface area contributed by atoms with Crippen molar-refractivity contribution in [3.05, 3.63) is 18.0 Å². The molecule has 8 heteroatoms. The van der Waals surface area contributed by atoms with Crippen LogP contribution in [0.15, 0.2) is 12.4 Å². The van der Waals surface area contributed by atoms with Gasteiger partial charge in [0.2, 0.25) is 0 Å². The predicted octanol–water partition coefficient (Wildman–Crippen LogP) is 0.208. The lowest BCUT2D eigenvalue weighted by molar-refractivity contribution is 0.264. The zero-order valence-corrected chi connectivity index (χ0v) is 12.9. The minimum absolute atomic E-state index is 0.280. The van der Waals surface area contributed by atoms with E-state index in [9.17, 15) is 8.42 Å². The average Bonchev–Trinajstić information content (AvgIpc) is 3.17. The topological polar surface area (TPSA) is 90.1 Å². The van der Waals surface area contributed by atoms with Crippen LogP contribution >= 0.6 is 0 Å². The molecule has 3 N–H and O–H groups in total. The molecule has 118 valence electrons. The van der Waals surface area contributed by atoms with Crippen LogP contribution < -0.4 is 10.0 Å². The molecular formula is C13H23N5O2S. The van der Waals surface area contributed by atoms with Gasteiger partial charge in [0.05, 0.1) is 6.20 Å². The standard InChI is InChI=1S/C13H23N5O2S/c19-21(20,17-10-12-8-15-16-9-12)18-5-3-11(4-6-18)7-14-13-1-2-13/h8-9,11,13-14,17H,1-7,10H2,(H,15,16). The molecule has 0 aromatic carbocycles. The molecular weight excluding hydrogens is 290 g/mol. The van der Waals surface area contributed by atoms with Crippen molar-refractivity contribution in [3.63, 3.8) is 0 Å². The maximum absolute atomic E-state index is 12.2. The summed E-state index contributed by atoms with van der Waals surface area (Å²) in [6, 6.07) is 0.725. The van der Waals surface area contributed by atoms with Crippen LogP contribution in [0.5, 0.6) is 0 Å². The smallest absolute Gasteiger partial charge is 0.279 e. The van der Waals surface area contributed by atoms with Crippen molar-refractivity contribution < 1.29 is 8.42 Å². The molecule has 1 aliphatic heterocycles. The minimum atomic E-state index is -3.38. The van der Waals surface area contributed by atoms with Crippen LogP contribution in [0.25, 0.3) is 0 Å². The Hall–Kier alpha value is -0.960. The van der Waals surface area contributed by atoms with Crippen LogP contribution in [-0.2, 0) is 16.8 Å². The summed E-state index contributed by atoms with van der Waals surface area (Å²) in [6.07, 6.45) is 7.78. The van der Waals surface area contributed by atoms with Crippen LogP contribution in [0.2, 0.25) is 0 Å². The van der Waals surface area contributed by atoms with Gasteiger partial charge in [-0.05, 0) is 38.1 Å². The lowest BCUT2D eigenvalue weighted by Gasteiger charge is -2.31. The Morgan fingerprint density at radius 2 is 2.05 bits per heavy atom. The highest BCUT2D eigenvalue weighted by Gasteiger charge is 2.29. The molecule has 1 saturated carbocycles. The van der Waals surface area contributed by atoms with Crippen LogP contribution in [-0.4, -0.2) is 48.6 Å². The molecule has 1 aromatic heterocycles. The summed E-state index contributed by atoms with van der Waals surface area (Å²) in [4.78, 5) is 0. The van der Waals surface area contributed by atoms with E-state index in [1.165, 1.54) is 12.8 Å². The molecule has 1 saturated heterocycles. The Balaban J connectivity index is 1.43. The van der Waals surface area contributed by atoms with Crippen molar-refractivity contribution in [2.75, 3.05) is 19.6 Å². The number of aromatic nitrogens is 2. The van der Waals surface area contributed by atoms with Gasteiger partial charge in [-0.1, -0.05) is 0 Å². The highest BCUT2D eigenvalue weighted by molar-refractivity contribution is 7.87. The zero-order valence-electron chi connectivity index (χ0n) is 12.1. The Morgan fingerprint density at radius 3 is 2.67 bits per heavy atom. The number of hydrogen-bond acceptors (Lipinski definition) is 4. The highest BCUT2D eigenvalue weighted by atomic mass is 32.2. The maximum atomic E-state index is 12.2. The molecule has 0 amide bonds. The predicted molar refractivity (Wildman–Crippen MR) is 79.7 cm³/mol. The monoisotopic (exact) mass is 313 g/mol. The highest BCUT2D eigenvalue weighted by Crippen LogP contribution is 2.22. The molecule has 2 aliphatic rings.